The first-order valence-corrected chi connectivity index (χ1v) is 4.48. The molecule has 2 N–H and O–H groups in total. The van der Waals surface area contributed by atoms with Crippen molar-refractivity contribution in [1.82, 2.24) is 19.7 Å². The van der Waals surface area contributed by atoms with Gasteiger partial charge in [0.1, 0.15) is 11.6 Å². The van der Waals surface area contributed by atoms with Crippen molar-refractivity contribution in [3.8, 4) is 0 Å². The zero-order chi connectivity index (χ0) is 9.97. The summed E-state index contributed by atoms with van der Waals surface area (Å²) in [7, 11) is 1.89. The van der Waals surface area contributed by atoms with Gasteiger partial charge in [-0.25, -0.2) is 4.98 Å². The van der Waals surface area contributed by atoms with Crippen molar-refractivity contribution in [1.29, 1.82) is 0 Å². The quantitative estimate of drug-likeness (QED) is 0.762. The van der Waals surface area contributed by atoms with E-state index in [2.05, 4.69) is 20.4 Å². The molecule has 0 atom stereocenters. The van der Waals surface area contributed by atoms with Crippen LogP contribution in [0.2, 0.25) is 0 Å². The fraction of sp³-hybridized carbons (Fsp3) is 0.333. The van der Waals surface area contributed by atoms with E-state index in [4.69, 9.17) is 0 Å². The Kier molecular flexibility index (Phi) is 2.22. The summed E-state index contributed by atoms with van der Waals surface area (Å²) in [5, 5.41) is 7.37. The van der Waals surface area contributed by atoms with Crippen LogP contribution in [0.5, 0.6) is 0 Å². The predicted octanol–water partition coefficient (Wildman–Crippen LogP) is 1.06. The molecule has 5 nitrogen and oxygen atoms in total. The highest BCUT2D eigenvalue weighted by Crippen LogP contribution is 2.03. The van der Waals surface area contributed by atoms with E-state index >= 15 is 0 Å². The average Bonchev–Trinajstić information content (AvgIpc) is 2.72. The van der Waals surface area contributed by atoms with Crippen molar-refractivity contribution in [2.75, 3.05) is 5.32 Å². The summed E-state index contributed by atoms with van der Waals surface area (Å²) in [5.74, 6) is 1.79. The van der Waals surface area contributed by atoms with Gasteiger partial charge in [-0.15, -0.1) is 0 Å². The second-order valence-electron chi connectivity index (χ2n) is 3.24. The SMILES string of the molecule is Cc1cnc(CNc2ccn(C)n2)[nH]1. The van der Waals surface area contributed by atoms with E-state index < -0.39 is 0 Å². The number of aromatic amines is 1. The molecule has 0 radical (unpaired) electrons. The highest BCUT2D eigenvalue weighted by Gasteiger charge is 1.98. The summed E-state index contributed by atoms with van der Waals surface area (Å²) in [6.07, 6.45) is 3.71. The van der Waals surface area contributed by atoms with Crippen LogP contribution in [0.15, 0.2) is 18.5 Å². The molecule has 0 spiro atoms. The molecule has 0 aliphatic rings. The van der Waals surface area contributed by atoms with Crippen molar-refractivity contribution in [3.05, 3.63) is 30.0 Å². The summed E-state index contributed by atoms with van der Waals surface area (Å²) in [6.45, 7) is 2.65. The number of aromatic nitrogens is 4. The Morgan fingerprint density at radius 1 is 1.57 bits per heavy atom. The van der Waals surface area contributed by atoms with Crippen molar-refractivity contribution >= 4 is 5.82 Å². The maximum absolute atomic E-state index is 4.20. The first kappa shape index (κ1) is 8.80. The third-order valence-electron chi connectivity index (χ3n) is 1.91. The zero-order valence-corrected chi connectivity index (χ0v) is 8.28. The summed E-state index contributed by atoms with van der Waals surface area (Å²) in [4.78, 5) is 7.33. The van der Waals surface area contributed by atoms with Crippen LogP contribution < -0.4 is 5.32 Å². The molecular formula is C9H13N5. The lowest BCUT2D eigenvalue weighted by Gasteiger charge is -1.98. The van der Waals surface area contributed by atoms with E-state index in [1.54, 1.807) is 4.68 Å². The maximum atomic E-state index is 4.20. The van der Waals surface area contributed by atoms with E-state index in [0.717, 1.165) is 17.3 Å². The number of nitrogens with zero attached hydrogens (tertiary/aromatic N) is 3. The van der Waals surface area contributed by atoms with E-state index in [1.807, 2.05) is 32.4 Å². The predicted molar refractivity (Wildman–Crippen MR) is 53.9 cm³/mol. The zero-order valence-electron chi connectivity index (χ0n) is 8.28. The molecule has 14 heavy (non-hydrogen) atoms. The molecule has 0 bridgehead atoms. The van der Waals surface area contributed by atoms with E-state index in [0.29, 0.717) is 6.54 Å². The van der Waals surface area contributed by atoms with E-state index in [-0.39, 0.29) is 0 Å². The molecule has 74 valence electrons. The van der Waals surface area contributed by atoms with Crippen molar-refractivity contribution in [2.24, 2.45) is 7.05 Å². The summed E-state index contributed by atoms with van der Waals surface area (Å²) in [6, 6.07) is 1.93. The summed E-state index contributed by atoms with van der Waals surface area (Å²) >= 11 is 0. The van der Waals surface area contributed by atoms with Crippen molar-refractivity contribution in [2.45, 2.75) is 13.5 Å². The van der Waals surface area contributed by atoms with Gasteiger partial charge in [0.05, 0.1) is 6.54 Å². The molecule has 0 unspecified atom stereocenters. The number of hydrogen-bond donors (Lipinski definition) is 2. The van der Waals surface area contributed by atoms with Gasteiger partial charge in [0.15, 0.2) is 0 Å². The number of aryl methyl sites for hydroxylation is 2. The molecule has 5 heteroatoms. The Morgan fingerprint density at radius 3 is 3.00 bits per heavy atom. The van der Waals surface area contributed by atoms with Crippen LogP contribution in [0.1, 0.15) is 11.5 Å². The van der Waals surface area contributed by atoms with Crippen LogP contribution >= 0.6 is 0 Å². The van der Waals surface area contributed by atoms with Gasteiger partial charge in [-0.05, 0) is 6.92 Å². The van der Waals surface area contributed by atoms with Crippen LogP contribution in [0, 0.1) is 6.92 Å². The molecule has 2 heterocycles. The number of nitrogens with one attached hydrogen (secondary N) is 2. The molecule has 2 aromatic rings. The molecular weight excluding hydrogens is 178 g/mol. The topological polar surface area (TPSA) is 58.5 Å². The molecule has 0 saturated carbocycles. The lowest BCUT2D eigenvalue weighted by molar-refractivity contribution is 0.767. The van der Waals surface area contributed by atoms with Crippen LogP contribution in [0.3, 0.4) is 0 Å². The lowest BCUT2D eigenvalue weighted by atomic mass is 10.5. The largest absolute Gasteiger partial charge is 0.361 e. The third kappa shape index (κ3) is 1.93. The number of imidazole rings is 1. The number of anilines is 1. The van der Waals surface area contributed by atoms with Gasteiger partial charge >= 0.3 is 0 Å². The summed E-state index contributed by atoms with van der Waals surface area (Å²) in [5.41, 5.74) is 1.07. The standard InChI is InChI=1S/C9H13N5/c1-7-5-10-9(12-7)6-11-8-3-4-14(2)13-8/h3-5H,6H2,1-2H3,(H,10,12)(H,11,13). The minimum absolute atomic E-state index is 0.671. The maximum Gasteiger partial charge on any atom is 0.148 e. The van der Waals surface area contributed by atoms with Crippen LogP contribution in [-0.4, -0.2) is 19.7 Å². The fourth-order valence-corrected chi connectivity index (χ4v) is 1.24. The Balaban J connectivity index is 1.94. The van der Waals surface area contributed by atoms with Crippen LogP contribution in [0.25, 0.3) is 0 Å². The number of hydrogen-bond acceptors (Lipinski definition) is 3. The average molecular weight is 191 g/mol. The monoisotopic (exact) mass is 191 g/mol. The Labute approximate surface area is 82.2 Å². The minimum atomic E-state index is 0.671. The number of rotatable bonds is 3. The molecule has 0 aliphatic carbocycles. The molecule has 0 aliphatic heterocycles. The third-order valence-corrected chi connectivity index (χ3v) is 1.91. The second kappa shape index (κ2) is 3.53. The van der Waals surface area contributed by atoms with Gasteiger partial charge in [0.2, 0.25) is 0 Å². The summed E-state index contributed by atoms with van der Waals surface area (Å²) < 4.78 is 1.76. The van der Waals surface area contributed by atoms with Crippen molar-refractivity contribution in [3.63, 3.8) is 0 Å². The smallest absolute Gasteiger partial charge is 0.148 e. The van der Waals surface area contributed by atoms with Gasteiger partial charge < -0.3 is 10.3 Å². The van der Waals surface area contributed by atoms with E-state index in [9.17, 15) is 0 Å². The number of H-pyrrole nitrogens is 1. The van der Waals surface area contributed by atoms with Gasteiger partial charge in [0, 0.05) is 31.2 Å². The molecule has 2 rings (SSSR count). The molecule has 0 saturated heterocycles. The van der Waals surface area contributed by atoms with Gasteiger partial charge in [-0.1, -0.05) is 0 Å². The minimum Gasteiger partial charge on any atom is -0.361 e. The highest BCUT2D eigenvalue weighted by atomic mass is 15.3. The van der Waals surface area contributed by atoms with Gasteiger partial charge in [-0.3, -0.25) is 4.68 Å². The van der Waals surface area contributed by atoms with Crippen LogP contribution in [0.4, 0.5) is 5.82 Å². The normalized spacial score (nSPS) is 10.4. The van der Waals surface area contributed by atoms with Gasteiger partial charge in [-0.2, -0.15) is 5.10 Å². The van der Waals surface area contributed by atoms with Crippen molar-refractivity contribution < 1.29 is 0 Å². The molecule has 0 aromatic carbocycles. The lowest BCUT2D eigenvalue weighted by Crippen LogP contribution is -2.02. The van der Waals surface area contributed by atoms with Crippen LogP contribution in [-0.2, 0) is 13.6 Å². The Morgan fingerprint density at radius 2 is 2.43 bits per heavy atom. The highest BCUT2D eigenvalue weighted by molar-refractivity contribution is 5.32. The second-order valence-corrected chi connectivity index (χ2v) is 3.24. The van der Waals surface area contributed by atoms with Gasteiger partial charge in [0.25, 0.3) is 0 Å². The Hall–Kier alpha value is -1.78. The molecule has 0 fully saturated rings. The first-order valence-electron chi connectivity index (χ1n) is 4.48. The first-order chi connectivity index (χ1) is 6.74. The molecule has 2 aromatic heterocycles. The molecule has 0 amide bonds. The van der Waals surface area contributed by atoms with E-state index in [1.165, 1.54) is 0 Å². The fourth-order valence-electron chi connectivity index (χ4n) is 1.24. The Bertz CT molecular complexity index is 374.